The van der Waals surface area contributed by atoms with Crippen molar-refractivity contribution in [2.45, 2.75) is 31.7 Å². The first-order chi connectivity index (χ1) is 12.6. The summed E-state index contributed by atoms with van der Waals surface area (Å²) in [6, 6.07) is 18.2. The summed E-state index contributed by atoms with van der Waals surface area (Å²) in [7, 11) is 0. The molecule has 1 fully saturated rings. The third-order valence-corrected chi connectivity index (χ3v) is 5.53. The van der Waals surface area contributed by atoms with Gasteiger partial charge < -0.3 is 4.98 Å². The zero-order valence-electron chi connectivity index (χ0n) is 14.8. The van der Waals surface area contributed by atoms with E-state index in [-0.39, 0.29) is 6.42 Å². The number of halogens is 2. The number of piperidine rings is 1. The second-order valence-electron chi connectivity index (χ2n) is 7.33. The van der Waals surface area contributed by atoms with Crippen molar-refractivity contribution in [3.63, 3.8) is 0 Å². The largest absolute Gasteiger partial charge is 0.361 e. The van der Waals surface area contributed by atoms with Gasteiger partial charge in [-0.05, 0) is 35.4 Å². The molecule has 136 valence electrons. The molecule has 1 saturated heterocycles. The van der Waals surface area contributed by atoms with Gasteiger partial charge in [-0.1, -0.05) is 48.5 Å². The molecule has 0 bridgehead atoms. The van der Waals surface area contributed by atoms with Crippen molar-refractivity contribution in [1.82, 2.24) is 9.88 Å². The molecule has 0 radical (unpaired) electrons. The van der Waals surface area contributed by atoms with Crippen LogP contribution in [0.25, 0.3) is 10.9 Å². The summed E-state index contributed by atoms with van der Waals surface area (Å²) in [6.45, 7) is 1.62. The second kappa shape index (κ2) is 7.20. The van der Waals surface area contributed by atoms with E-state index < -0.39 is 11.8 Å². The molecule has 1 aromatic heterocycles. The predicted octanol–water partition coefficient (Wildman–Crippen LogP) is 5.26. The first-order valence-electron chi connectivity index (χ1n) is 9.31. The van der Waals surface area contributed by atoms with Gasteiger partial charge in [0.1, 0.15) is 0 Å². The number of aromatic amines is 1. The SMILES string of the molecule is FC1(F)CCN(Cc2cccc3cc[nH]c23)CC1CCc1ccccc1. The Morgan fingerprint density at radius 1 is 1.04 bits per heavy atom. The second-order valence-corrected chi connectivity index (χ2v) is 7.33. The van der Waals surface area contributed by atoms with E-state index in [0.717, 1.165) is 17.6 Å². The average molecular weight is 354 g/mol. The smallest absolute Gasteiger partial charge is 0.253 e. The number of aromatic nitrogens is 1. The zero-order valence-corrected chi connectivity index (χ0v) is 14.8. The Kier molecular flexibility index (Phi) is 4.77. The summed E-state index contributed by atoms with van der Waals surface area (Å²) in [5, 5.41) is 1.17. The van der Waals surface area contributed by atoms with Crippen LogP contribution in [0, 0.1) is 5.92 Å². The summed E-state index contributed by atoms with van der Waals surface area (Å²) >= 11 is 0. The van der Waals surface area contributed by atoms with Gasteiger partial charge >= 0.3 is 0 Å². The number of aryl methyl sites for hydroxylation is 1. The van der Waals surface area contributed by atoms with E-state index in [4.69, 9.17) is 0 Å². The van der Waals surface area contributed by atoms with Gasteiger partial charge in [-0.15, -0.1) is 0 Å². The molecule has 0 aliphatic carbocycles. The lowest BCUT2D eigenvalue weighted by Gasteiger charge is -2.38. The van der Waals surface area contributed by atoms with Crippen LogP contribution in [0.1, 0.15) is 24.0 Å². The van der Waals surface area contributed by atoms with Crippen LogP contribution in [0.4, 0.5) is 8.78 Å². The maximum absolute atomic E-state index is 14.5. The summed E-state index contributed by atoms with van der Waals surface area (Å²) in [5.74, 6) is -3.15. The lowest BCUT2D eigenvalue weighted by atomic mass is 9.88. The minimum absolute atomic E-state index is 0.0485. The van der Waals surface area contributed by atoms with Crippen LogP contribution >= 0.6 is 0 Å². The van der Waals surface area contributed by atoms with Gasteiger partial charge in [-0.3, -0.25) is 4.90 Å². The third kappa shape index (κ3) is 3.65. The van der Waals surface area contributed by atoms with Crippen LogP contribution < -0.4 is 0 Å². The molecule has 1 aliphatic rings. The molecule has 4 heteroatoms. The van der Waals surface area contributed by atoms with Gasteiger partial charge in [0.25, 0.3) is 5.92 Å². The number of hydrogen-bond acceptors (Lipinski definition) is 1. The van der Waals surface area contributed by atoms with E-state index in [1.165, 1.54) is 10.9 Å². The lowest BCUT2D eigenvalue weighted by Crippen LogP contribution is -2.46. The van der Waals surface area contributed by atoms with Gasteiger partial charge in [-0.25, -0.2) is 8.78 Å². The summed E-state index contributed by atoms with van der Waals surface area (Å²) in [4.78, 5) is 5.46. The number of rotatable bonds is 5. The molecule has 1 unspecified atom stereocenters. The van der Waals surface area contributed by atoms with E-state index in [0.29, 0.717) is 25.9 Å². The molecule has 0 spiro atoms. The van der Waals surface area contributed by atoms with Crippen LogP contribution in [0.2, 0.25) is 0 Å². The number of para-hydroxylation sites is 1. The highest BCUT2D eigenvalue weighted by molar-refractivity contribution is 5.82. The zero-order chi connectivity index (χ0) is 18.0. The van der Waals surface area contributed by atoms with Gasteiger partial charge in [0.2, 0.25) is 0 Å². The minimum atomic E-state index is -2.57. The van der Waals surface area contributed by atoms with Gasteiger partial charge in [0, 0.05) is 43.7 Å². The van der Waals surface area contributed by atoms with Crippen molar-refractivity contribution in [2.24, 2.45) is 5.92 Å². The van der Waals surface area contributed by atoms with Crippen molar-refractivity contribution in [1.29, 1.82) is 0 Å². The Bertz CT molecular complexity index is 857. The summed E-state index contributed by atoms with van der Waals surface area (Å²) < 4.78 is 28.9. The molecule has 1 N–H and O–H groups in total. The summed E-state index contributed by atoms with van der Waals surface area (Å²) in [6.07, 6.45) is 3.12. The number of alkyl halides is 2. The molecule has 0 amide bonds. The molecule has 4 rings (SSSR count). The number of likely N-dealkylation sites (tertiary alicyclic amines) is 1. The molecule has 2 aromatic carbocycles. The van der Waals surface area contributed by atoms with E-state index >= 15 is 0 Å². The first kappa shape index (κ1) is 17.2. The highest BCUT2D eigenvalue weighted by Gasteiger charge is 2.43. The Morgan fingerprint density at radius 2 is 1.88 bits per heavy atom. The van der Waals surface area contributed by atoms with Gasteiger partial charge in [0.15, 0.2) is 0 Å². The van der Waals surface area contributed by atoms with Crippen molar-refractivity contribution >= 4 is 10.9 Å². The molecule has 26 heavy (non-hydrogen) atoms. The number of fused-ring (bicyclic) bond motifs is 1. The molecule has 2 nitrogen and oxygen atoms in total. The molecule has 1 aliphatic heterocycles. The predicted molar refractivity (Wildman–Crippen MR) is 101 cm³/mol. The molecule has 3 aromatic rings. The van der Waals surface area contributed by atoms with Crippen molar-refractivity contribution in [3.8, 4) is 0 Å². The van der Waals surface area contributed by atoms with Crippen LogP contribution in [0.15, 0.2) is 60.8 Å². The maximum Gasteiger partial charge on any atom is 0.253 e. The Morgan fingerprint density at radius 3 is 2.73 bits per heavy atom. The minimum Gasteiger partial charge on any atom is -0.361 e. The first-order valence-corrected chi connectivity index (χ1v) is 9.31. The van der Waals surface area contributed by atoms with E-state index in [9.17, 15) is 8.78 Å². The lowest BCUT2D eigenvalue weighted by molar-refractivity contribution is -0.109. The fraction of sp³-hybridized carbons (Fsp3) is 0.364. The van der Waals surface area contributed by atoms with Crippen molar-refractivity contribution in [2.75, 3.05) is 13.1 Å². The summed E-state index contributed by atoms with van der Waals surface area (Å²) in [5.41, 5.74) is 3.43. The molecule has 2 heterocycles. The number of H-pyrrole nitrogens is 1. The standard InChI is InChI=1S/C22H24F2N2/c23-22(24)12-14-26(15-19-8-4-7-18-11-13-25-21(18)19)16-20(22)10-9-17-5-2-1-3-6-17/h1-8,11,13,20,25H,9-10,12,14-16H2. The van der Waals surface area contributed by atoms with E-state index in [1.807, 2.05) is 48.7 Å². The number of nitrogens with zero attached hydrogens (tertiary/aromatic N) is 1. The molecular weight excluding hydrogens is 330 g/mol. The van der Waals surface area contributed by atoms with Crippen LogP contribution in [0.5, 0.6) is 0 Å². The highest BCUT2D eigenvalue weighted by atomic mass is 19.3. The van der Waals surface area contributed by atoms with Crippen molar-refractivity contribution < 1.29 is 8.78 Å². The molecule has 0 saturated carbocycles. The van der Waals surface area contributed by atoms with Gasteiger partial charge in [-0.2, -0.15) is 0 Å². The normalized spacial score (nSPS) is 20.5. The Labute approximate surface area is 152 Å². The molecular formula is C22H24F2N2. The number of benzene rings is 2. The topological polar surface area (TPSA) is 19.0 Å². The number of nitrogens with one attached hydrogen (secondary N) is 1. The van der Waals surface area contributed by atoms with Crippen LogP contribution in [-0.2, 0) is 13.0 Å². The fourth-order valence-corrected chi connectivity index (χ4v) is 4.00. The van der Waals surface area contributed by atoms with Crippen LogP contribution in [0.3, 0.4) is 0 Å². The van der Waals surface area contributed by atoms with Gasteiger partial charge in [0.05, 0.1) is 0 Å². The van der Waals surface area contributed by atoms with Crippen LogP contribution in [-0.4, -0.2) is 28.9 Å². The Hall–Kier alpha value is -2.20. The van der Waals surface area contributed by atoms with E-state index in [1.54, 1.807) is 0 Å². The highest BCUT2D eigenvalue weighted by Crippen LogP contribution is 2.37. The average Bonchev–Trinajstić information content (AvgIpc) is 3.13. The monoisotopic (exact) mass is 354 g/mol. The Balaban J connectivity index is 1.44. The number of hydrogen-bond donors (Lipinski definition) is 1. The quantitative estimate of drug-likeness (QED) is 0.662. The maximum atomic E-state index is 14.5. The molecule has 1 atom stereocenters. The van der Waals surface area contributed by atoms with Crippen molar-refractivity contribution in [3.05, 3.63) is 71.9 Å². The third-order valence-electron chi connectivity index (χ3n) is 5.53. The fourth-order valence-electron chi connectivity index (χ4n) is 4.00. The van der Waals surface area contributed by atoms with E-state index in [2.05, 4.69) is 22.0 Å².